The Bertz CT molecular complexity index is 447. The molecule has 1 aromatic rings. The van der Waals surface area contributed by atoms with E-state index in [0.29, 0.717) is 11.8 Å². The first-order chi connectivity index (χ1) is 8.70. The molecule has 106 valence electrons. The molecule has 3 nitrogen and oxygen atoms in total. The van der Waals surface area contributed by atoms with E-state index in [4.69, 9.17) is 0 Å². The van der Waals surface area contributed by atoms with Crippen molar-refractivity contribution in [1.29, 1.82) is 0 Å². The maximum Gasteiger partial charge on any atom is 0.136 e. The van der Waals surface area contributed by atoms with Gasteiger partial charge in [-0.2, -0.15) is 0 Å². The number of benzene rings is 1. The maximum absolute atomic E-state index is 13.9. The Kier molecular flexibility index (Phi) is 5.12. The van der Waals surface area contributed by atoms with E-state index < -0.39 is 27.5 Å². The quantitative estimate of drug-likeness (QED) is 0.668. The Morgan fingerprint density at radius 3 is 2.37 bits per heavy atom. The average molecular weight is 285 g/mol. The van der Waals surface area contributed by atoms with Crippen LogP contribution >= 0.6 is 0 Å². The fraction of sp³-hybridized carbons (Fsp3) is 0.500. The van der Waals surface area contributed by atoms with Gasteiger partial charge in [0.05, 0.1) is 5.54 Å². The summed E-state index contributed by atoms with van der Waals surface area (Å²) in [6.07, 6.45) is 0.759. The molecule has 0 amide bonds. The highest BCUT2D eigenvalue weighted by Crippen LogP contribution is 2.29. The number of aldehydes is 1. The summed E-state index contributed by atoms with van der Waals surface area (Å²) in [6, 6.07) is 6.22. The van der Waals surface area contributed by atoms with Crippen LogP contribution in [-0.2, 0) is 21.7 Å². The number of carbonyl (C=O) groups excluding carboxylic acids is 1. The standard InChI is InChI=1S/C14H20FNO2S/c1-13(2,3)19(18)16-14(4,9-10-17)11-7-5-6-8-12(11)15/h5-8,10,16H,9H2,1-4H3/t14-,19-/m0/s1. The third-order valence-corrected chi connectivity index (χ3v) is 4.58. The predicted octanol–water partition coefficient (Wildman–Crippen LogP) is 2.68. The Labute approximate surface area is 116 Å². The second-order valence-electron chi connectivity index (χ2n) is 5.67. The van der Waals surface area contributed by atoms with Crippen molar-refractivity contribution >= 4 is 17.6 Å². The zero-order chi connectivity index (χ0) is 14.7. The van der Waals surface area contributed by atoms with E-state index in [-0.39, 0.29) is 6.42 Å². The minimum atomic E-state index is -1.39. The number of halogens is 1. The highest BCUT2D eigenvalue weighted by atomic mass is 32.2. The third kappa shape index (κ3) is 4.03. The van der Waals surface area contributed by atoms with Gasteiger partial charge in [-0.25, -0.2) is 4.39 Å². The van der Waals surface area contributed by atoms with Crippen molar-refractivity contribution in [1.82, 2.24) is 4.72 Å². The van der Waals surface area contributed by atoms with E-state index in [2.05, 4.69) is 4.72 Å². The second-order valence-corrected chi connectivity index (χ2v) is 7.63. The molecule has 0 spiro atoms. The zero-order valence-electron chi connectivity index (χ0n) is 11.7. The lowest BCUT2D eigenvalue weighted by Gasteiger charge is -2.34. The molecule has 1 aromatic carbocycles. The fourth-order valence-corrected chi connectivity index (χ4v) is 2.55. The van der Waals surface area contributed by atoms with Crippen molar-refractivity contribution in [3.8, 4) is 0 Å². The van der Waals surface area contributed by atoms with Gasteiger partial charge in [-0.05, 0) is 33.8 Å². The maximum atomic E-state index is 13.9. The number of hydrogen-bond donors (Lipinski definition) is 1. The van der Waals surface area contributed by atoms with Crippen LogP contribution in [0.5, 0.6) is 0 Å². The molecule has 0 unspecified atom stereocenters. The van der Waals surface area contributed by atoms with E-state index >= 15 is 0 Å². The van der Waals surface area contributed by atoms with E-state index in [1.165, 1.54) is 6.07 Å². The summed E-state index contributed by atoms with van der Waals surface area (Å²) >= 11 is -1.39. The van der Waals surface area contributed by atoms with Crippen LogP contribution in [0, 0.1) is 5.82 Å². The summed E-state index contributed by atoms with van der Waals surface area (Å²) in [7, 11) is 0. The Morgan fingerprint density at radius 1 is 1.32 bits per heavy atom. The van der Waals surface area contributed by atoms with Gasteiger partial charge < -0.3 is 9.35 Å². The van der Waals surface area contributed by atoms with Crippen molar-refractivity contribution < 1.29 is 13.7 Å². The van der Waals surface area contributed by atoms with Crippen LogP contribution in [0.3, 0.4) is 0 Å². The second kappa shape index (κ2) is 6.03. The molecule has 0 saturated carbocycles. The van der Waals surface area contributed by atoms with Gasteiger partial charge in [0, 0.05) is 23.3 Å². The van der Waals surface area contributed by atoms with Crippen LogP contribution in [-0.4, -0.2) is 15.6 Å². The van der Waals surface area contributed by atoms with Gasteiger partial charge in [-0.1, -0.05) is 18.2 Å². The average Bonchev–Trinajstić information content (AvgIpc) is 2.28. The highest BCUT2D eigenvalue weighted by molar-refractivity contribution is 7.90. The first-order valence-electron chi connectivity index (χ1n) is 6.09. The normalized spacial score (nSPS) is 16.7. The van der Waals surface area contributed by atoms with Gasteiger partial charge in [0.1, 0.15) is 16.9 Å². The van der Waals surface area contributed by atoms with Crippen LogP contribution in [0.25, 0.3) is 0 Å². The molecule has 0 saturated heterocycles. The molecule has 0 aliphatic carbocycles. The first kappa shape index (κ1) is 16.1. The van der Waals surface area contributed by atoms with E-state index in [1.807, 2.05) is 20.8 Å². The summed E-state index contributed by atoms with van der Waals surface area (Å²) in [5, 5.41) is 0. The topological polar surface area (TPSA) is 52.2 Å². The lowest BCUT2D eigenvalue weighted by molar-refractivity contribution is -0.108. The van der Waals surface area contributed by atoms with E-state index in [1.54, 1.807) is 25.1 Å². The molecule has 5 heteroatoms. The first-order valence-corrected chi connectivity index (χ1v) is 7.24. The number of carbonyl (C=O) groups is 1. The van der Waals surface area contributed by atoms with Crippen molar-refractivity contribution in [3.63, 3.8) is 0 Å². The largest absolute Gasteiger partial charge is 0.598 e. The molecule has 0 heterocycles. The number of rotatable bonds is 5. The van der Waals surface area contributed by atoms with Gasteiger partial charge in [0.15, 0.2) is 0 Å². The summed E-state index contributed by atoms with van der Waals surface area (Å²) in [4.78, 5) is 10.9. The number of nitrogens with one attached hydrogen (secondary N) is 1. The van der Waals surface area contributed by atoms with Gasteiger partial charge in [0.2, 0.25) is 0 Å². The molecule has 0 radical (unpaired) electrons. The van der Waals surface area contributed by atoms with E-state index in [0.717, 1.165) is 0 Å². The smallest absolute Gasteiger partial charge is 0.136 e. The van der Waals surface area contributed by atoms with Gasteiger partial charge >= 0.3 is 0 Å². The van der Waals surface area contributed by atoms with E-state index in [9.17, 15) is 13.7 Å². The van der Waals surface area contributed by atoms with Gasteiger partial charge in [0.25, 0.3) is 0 Å². The summed E-state index contributed by atoms with van der Waals surface area (Å²) in [5.74, 6) is -0.412. The molecule has 0 aliphatic heterocycles. The summed E-state index contributed by atoms with van der Waals surface area (Å²) < 4.78 is 28.5. The molecule has 1 N–H and O–H groups in total. The highest BCUT2D eigenvalue weighted by Gasteiger charge is 2.38. The monoisotopic (exact) mass is 285 g/mol. The predicted molar refractivity (Wildman–Crippen MR) is 75.5 cm³/mol. The van der Waals surface area contributed by atoms with Crippen LogP contribution in [0.15, 0.2) is 24.3 Å². The van der Waals surface area contributed by atoms with Crippen LogP contribution in [0.2, 0.25) is 0 Å². The lowest BCUT2D eigenvalue weighted by Crippen LogP contribution is -2.50. The molecule has 0 bridgehead atoms. The zero-order valence-corrected chi connectivity index (χ0v) is 12.5. The molecule has 0 aliphatic rings. The Balaban J connectivity index is 3.11. The molecule has 0 aromatic heterocycles. The summed E-state index contributed by atoms with van der Waals surface area (Å²) in [6.45, 7) is 7.14. The molecule has 19 heavy (non-hydrogen) atoms. The Morgan fingerprint density at radius 2 is 1.89 bits per heavy atom. The van der Waals surface area contributed by atoms with Crippen molar-refractivity contribution in [2.75, 3.05) is 0 Å². The summed E-state index contributed by atoms with van der Waals surface area (Å²) in [5.41, 5.74) is -0.634. The molecule has 2 atom stereocenters. The van der Waals surface area contributed by atoms with Gasteiger partial charge in [-0.15, -0.1) is 4.72 Å². The van der Waals surface area contributed by atoms with Crippen LogP contribution < -0.4 is 4.72 Å². The minimum absolute atomic E-state index is 0.0513. The molecular weight excluding hydrogens is 265 g/mol. The number of hydrogen-bond acceptors (Lipinski definition) is 3. The van der Waals surface area contributed by atoms with Crippen LogP contribution in [0.1, 0.15) is 39.7 Å². The molecular formula is C14H20FNO2S. The minimum Gasteiger partial charge on any atom is -0.598 e. The SMILES string of the molecule is CC(C)(C)[S@+]([O-])N[C@@](C)(CC=O)c1ccccc1F. The van der Waals surface area contributed by atoms with Gasteiger partial charge in [-0.3, -0.25) is 0 Å². The lowest BCUT2D eigenvalue weighted by atomic mass is 9.90. The molecule has 1 rings (SSSR count). The molecule has 0 fully saturated rings. The van der Waals surface area contributed by atoms with Crippen LogP contribution in [0.4, 0.5) is 4.39 Å². The third-order valence-electron chi connectivity index (χ3n) is 2.83. The Hall–Kier alpha value is -0.910. The fourth-order valence-electron chi connectivity index (χ4n) is 1.64. The van der Waals surface area contributed by atoms with Crippen molar-refractivity contribution in [3.05, 3.63) is 35.6 Å². The van der Waals surface area contributed by atoms with Crippen molar-refractivity contribution in [2.24, 2.45) is 0 Å². The van der Waals surface area contributed by atoms with Crippen molar-refractivity contribution in [2.45, 2.75) is 44.4 Å².